The molecule has 4 nitrogen and oxygen atoms in total. The number of nitrogens with zero attached hydrogens (tertiary/aromatic N) is 2. The summed E-state index contributed by atoms with van der Waals surface area (Å²) in [5.74, 6) is -0.441. The van der Waals surface area contributed by atoms with E-state index in [0.717, 1.165) is 16.0 Å². The molecule has 1 aliphatic heterocycles. The quantitative estimate of drug-likeness (QED) is 0.666. The summed E-state index contributed by atoms with van der Waals surface area (Å²) in [4.78, 5) is 31.1. The fourth-order valence-electron chi connectivity index (χ4n) is 3.93. The van der Waals surface area contributed by atoms with Crippen LogP contribution in [0, 0.1) is 0 Å². The first-order valence-corrected chi connectivity index (χ1v) is 10.1. The van der Waals surface area contributed by atoms with Crippen molar-refractivity contribution in [2.75, 3.05) is 14.1 Å². The molecule has 0 N–H and O–H groups in total. The van der Waals surface area contributed by atoms with E-state index in [4.69, 9.17) is 0 Å². The van der Waals surface area contributed by atoms with Crippen LogP contribution in [0.1, 0.15) is 38.3 Å². The average Bonchev–Trinajstić information content (AvgIpc) is 3.25. The number of benzene rings is 2. The minimum atomic E-state index is -0.425. The SMILES string of the molecule is CN(Cc1ccccc1)C(=O)[C@@H]1c2ccccc2C(=O)N(C)[C@@H]1c1cccs1. The standard InChI is InChI=1S/C23H22N2O2S/c1-24(15-16-9-4-3-5-10-16)23(27)20-17-11-6-7-12-18(17)22(26)25(2)21(20)19-13-8-14-28-19/h3-14,20-21H,15H2,1-2H3/t20-,21-/m1/s1. The molecule has 0 fully saturated rings. The highest BCUT2D eigenvalue weighted by Gasteiger charge is 2.43. The zero-order valence-electron chi connectivity index (χ0n) is 15.9. The first-order chi connectivity index (χ1) is 13.6. The third-order valence-corrected chi connectivity index (χ3v) is 6.26. The average molecular weight is 391 g/mol. The second-order valence-corrected chi connectivity index (χ2v) is 8.10. The van der Waals surface area contributed by atoms with E-state index < -0.39 is 5.92 Å². The molecule has 2 atom stereocenters. The number of carbonyl (C=O) groups is 2. The second kappa shape index (κ2) is 7.60. The van der Waals surface area contributed by atoms with Crippen molar-refractivity contribution in [3.63, 3.8) is 0 Å². The van der Waals surface area contributed by atoms with Gasteiger partial charge in [-0.25, -0.2) is 0 Å². The number of hydrogen-bond donors (Lipinski definition) is 0. The van der Waals surface area contributed by atoms with E-state index in [1.807, 2.05) is 79.2 Å². The third kappa shape index (κ3) is 3.22. The molecule has 1 aliphatic rings. The number of carbonyl (C=O) groups excluding carboxylic acids is 2. The van der Waals surface area contributed by atoms with E-state index in [1.54, 1.807) is 28.2 Å². The van der Waals surface area contributed by atoms with Crippen LogP contribution in [0.5, 0.6) is 0 Å². The monoisotopic (exact) mass is 390 g/mol. The summed E-state index contributed by atoms with van der Waals surface area (Å²) >= 11 is 1.58. The molecule has 2 amide bonds. The Labute approximate surface area is 169 Å². The van der Waals surface area contributed by atoms with E-state index >= 15 is 0 Å². The molecule has 28 heavy (non-hydrogen) atoms. The summed E-state index contributed by atoms with van der Waals surface area (Å²) in [6.45, 7) is 0.535. The van der Waals surface area contributed by atoms with Crippen molar-refractivity contribution in [1.82, 2.24) is 9.80 Å². The Morgan fingerprint density at radius 3 is 2.46 bits per heavy atom. The summed E-state index contributed by atoms with van der Waals surface area (Å²) in [7, 11) is 3.62. The van der Waals surface area contributed by atoms with Gasteiger partial charge in [0.15, 0.2) is 0 Å². The molecule has 2 heterocycles. The first-order valence-electron chi connectivity index (χ1n) is 9.26. The van der Waals surface area contributed by atoms with Crippen molar-refractivity contribution in [1.29, 1.82) is 0 Å². The van der Waals surface area contributed by atoms with Gasteiger partial charge in [-0.3, -0.25) is 9.59 Å². The van der Waals surface area contributed by atoms with Crippen LogP contribution in [0.4, 0.5) is 0 Å². The zero-order valence-corrected chi connectivity index (χ0v) is 16.7. The molecule has 1 aromatic heterocycles. The summed E-state index contributed by atoms with van der Waals surface area (Å²) in [5.41, 5.74) is 2.51. The Kier molecular flexibility index (Phi) is 5.01. The number of rotatable bonds is 4. The molecule has 3 aromatic rings. The molecule has 2 aromatic carbocycles. The van der Waals surface area contributed by atoms with Gasteiger partial charge in [-0.1, -0.05) is 54.6 Å². The Morgan fingerprint density at radius 2 is 1.75 bits per heavy atom. The van der Waals surface area contributed by atoms with Crippen LogP contribution in [0.15, 0.2) is 72.1 Å². The van der Waals surface area contributed by atoms with E-state index in [0.29, 0.717) is 12.1 Å². The van der Waals surface area contributed by atoms with E-state index in [2.05, 4.69) is 0 Å². The van der Waals surface area contributed by atoms with Gasteiger partial charge in [-0.05, 0) is 28.6 Å². The van der Waals surface area contributed by atoms with Crippen LogP contribution in [0.25, 0.3) is 0 Å². The topological polar surface area (TPSA) is 40.6 Å². The lowest BCUT2D eigenvalue weighted by atomic mass is 9.81. The van der Waals surface area contributed by atoms with Crippen molar-refractivity contribution >= 4 is 23.2 Å². The number of hydrogen-bond acceptors (Lipinski definition) is 3. The highest BCUT2D eigenvalue weighted by Crippen LogP contribution is 2.44. The largest absolute Gasteiger partial charge is 0.341 e. The molecule has 0 aliphatic carbocycles. The zero-order chi connectivity index (χ0) is 19.7. The maximum Gasteiger partial charge on any atom is 0.254 e. The minimum absolute atomic E-state index is 0.0223. The van der Waals surface area contributed by atoms with Crippen molar-refractivity contribution < 1.29 is 9.59 Å². The summed E-state index contributed by atoms with van der Waals surface area (Å²) < 4.78 is 0. The molecule has 0 spiro atoms. The van der Waals surface area contributed by atoms with Gasteiger partial charge in [0.05, 0.1) is 12.0 Å². The van der Waals surface area contributed by atoms with E-state index in [1.165, 1.54) is 0 Å². The van der Waals surface area contributed by atoms with Gasteiger partial charge in [0, 0.05) is 31.1 Å². The fraction of sp³-hybridized carbons (Fsp3) is 0.217. The Morgan fingerprint density at radius 1 is 1.04 bits per heavy atom. The van der Waals surface area contributed by atoms with Crippen LogP contribution >= 0.6 is 11.3 Å². The smallest absolute Gasteiger partial charge is 0.254 e. The molecular weight excluding hydrogens is 368 g/mol. The van der Waals surface area contributed by atoms with Crippen molar-refractivity contribution in [2.45, 2.75) is 18.5 Å². The molecular formula is C23H22N2O2S. The predicted octanol–water partition coefficient (Wildman–Crippen LogP) is 4.32. The lowest BCUT2D eigenvalue weighted by Crippen LogP contribution is -2.45. The molecule has 0 radical (unpaired) electrons. The second-order valence-electron chi connectivity index (χ2n) is 7.12. The van der Waals surface area contributed by atoms with Gasteiger partial charge in [0.2, 0.25) is 5.91 Å². The highest BCUT2D eigenvalue weighted by atomic mass is 32.1. The number of thiophene rings is 1. The molecule has 0 saturated heterocycles. The number of amides is 2. The minimum Gasteiger partial charge on any atom is -0.341 e. The molecule has 4 rings (SSSR count). The third-order valence-electron chi connectivity index (χ3n) is 5.32. The van der Waals surface area contributed by atoms with Crippen LogP contribution < -0.4 is 0 Å². The summed E-state index contributed by atoms with van der Waals surface area (Å²) in [5, 5.41) is 1.99. The number of likely N-dealkylation sites (N-methyl/N-ethyl adjacent to an activating group) is 2. The molecule has 0 unspecified atom stereocenters. The molecule has 0 saturated carbocycles. The van der Waals surface area contributed by atoms with Crippen molar-refractivity contribution in [3.05, 3.63) is 93.7 Å². The number of fused-ring (bicyclic) bond motifs is 1. The van der Waals surface area contributed by atoms with Gasteiger partial charge in [0.25, 0.3) is 5.91 Å². The van der Waals surface area contributed by atoms with Crippen LogP contribution in [0.2, 0.25) is 0 Å². The van der Waals surface area contributed by atoms with Crippen LogP contribution in [-0.2, 0) is 11.3 Å². The Balaban J connectivity index is 1.75. The lowest BCUT2D eigenvalue weighted by molar-refractivity contribution is -0.133. The summed E-state index contributed by atoms with van der Waals surface area (Å²) in [6, 6.07) is 21.1. The fourth-order valence-corrected chi connectivity index (χ4v) is 4.83. The normalized spacial score (nSPS) is 18.6. The van der Waals surface area contributed by atoms with Gasteiger partial charge < -0.3 is 9.80 Å². The molecule has 0 bridgehead atoms. The molecule has 142 valence electrons. The summed E-state index contributed by atoms with van der Waals surface area (Å²) in [6.07, 6.45) is 0. The maximum atomic E-state index is 13.6. The van der Waals surface area contributed by atoms with Crippen molar-refractivity contribution in [3.8, 4) is 0 Å². The van der Waals surface area contributed by atoms with Crippen LogP contribution in [0.3, 0.4) is 0 Å². The van der Waals surface area contributed by atoms with Gasteiger partial charge >= 0.3 is 0 Å². The van der Waals surface area contributed by atoms with Gasteiger partial charge in [-0.15, -0.1) is 11.3 Å². The van der Waals surface area contributed by atoms with Crippen LogP contribution in [-0.4, -0.2) is 35.7 Å². The lowest BCUT2D eigenvalue weighted by Gasteiger charge is -2.40. The maximum absolute atomic E-state index is 13.6. The van der Waals surface area contributed by atoms with Crippen molar-refractivity contribution in [2.24, 2.45) is 0 Å². The van der Waals surface area contributed by atoms with E-state index in [9.17, 15) is 9.59 Å². The van der Waals surface area contributed by atoms with Gasteiger partial charge in [-0.2, -0.15) is 0 Å². The Bertz CT molecular complexity index is 985. The Hall–Kier alpha value is -2.92. The van der Waals surface area contributed by atoms with Gasteiger partial charge in [0.1, 0.15) is 0 Å². The molecule has 5 heteroatoms. The van der Waals surface area contributed by atoms with E-state index in [-0.39, 0.29) is 17.9 Å². The highest BCUT2D eigenvalue weighted by molar-refractivity contribution is 7.10. The first kappa shape index (κ1) is 18.4. The predicted molar refractivity (Wildman–Crippen MR) is 111 cm³/mol.